The van der Waals surface area contributed by atoms with E-state index in [1.807, 2.05) is 0 Å². The van der Waals surface area contributed by atoms with Crippen molar-refractivity contribution in [2.24, 2.45) is 16.6 Å². The van der Waals surface area contributed by atoms with Gasteiger partial charge < -0.3 is 20.7 Å². The number of methoxy groups -OCH3 is 1. The summed E-state index contributed by atoms with van der Waals surface area (Å²) < 4.78 is 5.14. The molecule has 5 heteroatoms. The van der Waals surface area contributed by atoms with E-state index in [2.05, 4.69) is 22.1 Å². The molecule has 5 nitrogen and oxygen atoms in total. The lowest BCUT2D eigenvalue weighted by Crippen LogP contribution is -2.37. The summed E-state index contributed by atoms with van der Waals surface area (Å²) in [5, 5.41) is 3.25. The van der Waals surface area contributed by atoms with Gasteiger partial charge in [-0.3, -0.25) is 4.99 Å². The maximum atomic E-state index is 5.96. The monoisotopic (exact) mass is 326 g/mol. The van der Waals surface area contributed by atoms with Crippen molar-refractivity contribution in [3.63, 3.8) is 0 Å². The van der Waals surface area contributed by atoms with Crippen molar-refractivity contribution in [3.05, 3.63) is 0 Å². The molecule has 1 aliphatic rings. The normalized spacial score (nSPS) is 17.6. The van der Waals surface area contributed by atoms with Crippen LogP contribution in [0.3, 0.4) is 0 Å². The van der Waals surface area contributed by atoms with E-state index in [1.54, 1.807) is 7.11 Å². The second-order valence-electron chi connectivity index (χ2n) is 6.70. The van der Waals surface area contributed by atoms with Gasteiger partial charge in [0.1, 0.15) is 0 Å². The van der Waals surface area contributed by atoms with Gasteiger partial charge >= 0.3 is 0 Å². The molecule has 0 aromatic carbocycles. The Kier molecular flexibility index (Phi) is 12.0. The first kappa shape index (κ1) is 20.2. The van der Waals surface area contributed by atoms with Crippen molar-refractivity contribution in [2.45, 2.75) is 58.3 Å². The van der Waals surface area contributed by atoms with E-state index in [1.165, 1.54) is 51.4 Å². The number of hydrogen-bond donors (Lipinski definition) is 2. The molecule has 1 aliphatic heterocycles. The minimum absolute atomic E-state index is 0.625. The van der Waals surface area contributed by atoms with Crippen LogP contribution in [-0.4, -0.2) is 57.3 Å². The number of likely N-dealkylation sites (tertiary alicyclic amines) is 1. The molecule has 0 unspecified atom stereocenters. The third-order valence-corrected chi connectivity index (χ3v) is 4.68. The molecule has 0 saturated carbocycles. The Morgan fingerprint density at radius 2 is 1.87 bits per heavy atom. The second-order valence-corrected chi connectivity index (χ2v) is 6.70. The van der Waals surface area contributed by atoms with Crippen molar-refractivity contribution < 1.29 is 4.74 Å². The lowest BCUT2D eigenvalue weighted by molar-refractivity contribution is 0.121. The number of hydrogen-bond acceptors (Lipinski definition) is 3. The van der Waals surface area contributed by atoms with E-state index < -0.39 is 0 Å². The van der Waals surface area contributed by atoms with Crippen molar-refractivity contribution in [3.8, 4) is 0 Å². The van der Waals surface area contributed by atoms with Crippen LogP contribution in [0.4, 0.5) is 0 Å². The second kappa shape index (κ2) is 13.6. The summed E-state index contributed by atoms with van der Waals surface area (Å²) in [4.78, 5) is 7.00. The first-order valence-electron chi connectivity index (χ1n) is 9.51. The smallest absolute Gasteiger partial charge is 0.188 e. The number of nitrogens with one attached hydrogen (secondary N) is 1. The summed E-state index contributed by atoms with van der Waals surface area (Å²) in [6.45, 7) is 8.28. The zero-order valence-electron chi connectivity index (χ0n) is 15.4. The van der Waals surface area contributed by atoms with Gasteiger partial charge in [-0.2, -0.15) is 0 Å². The van der Waals surface area contributed by atoms with Gasteiger partial charge in [-0.1, -0.05) is 39.0 Å². The maximum absolute atomic E-state index is 5.96. The summed E-state index contributed by atoms with van der Waals surface area (Å²) in [6.07, 6.45) is 10.3. The third-order valence-electron chi connectivity index (χ3n) is 4.68. The van der Waals surface area contributed by atoms with Crippen LogP contribution in [-0.2, 0) is 4.74 Å². The average Bonchev–Trinajstić information content (AvgIpc) is 2.58. The minimum Gasteiger partial charge on any atom is -0.383 e. The van der Waals surface area contributed by atoms with Gasteiger partial charge in [-0.05, 0) is 38.3 Å². The molecule has 1 saturated heterocycles. The SMILES string of the molecule is CCCCCCCCNC(N)=NCC1CCN(CCOC)CC1. The van der Waals surface area contributed by atoms with Crippen LogP contribution >= 0.6 is 0 Å². The van der Waals surface area contributed by atoms with Crippen LogP contribution < -0.4 is 11.1 Å². The first-order valence-corrected chi connectivity index (χ1v) is 9.51. The van der Waals surface area contributed by atoms with Crippen molar-refractivity contribution in [1.29, 1.82) is 0 Å². The Balaban J connectivity index is 2.01. The quantitative estimate of drug-likeness (QED) is 0.329. The zero-order chi connectivity index (χ0) is 16.8. The van der Waals surface area contributed by atoms with E-state index in [0.29, 0.717) is 11.9 Å². The fourth-order valence-electron chi connectivity index (χ4n) is 3.02. The third kappa shape index (κ3) is 10.6. The number of nitrogens with two attached hydrogens (primary N) is 1. The molecule has 0 radical (unpaired) electrons. The molecule has 0 atom stereocenters. The summed E-state index contributed by atoms with van der Waals surface area (Å²) in [7, 11) is 1.77. The van der Waals surface area contributed by atoms with E-state index in [-0.39, 0.29) is 0 Å². The largest absolute Gasteiger partial charge is 0.383 e. The first-order chi connectivity index (χ1) is 11.3. The topological polar surface area (TPSA) is 62.9 Å². The number of unbranched alkanes of at least 4 members (excludes halogenated alkanes) is 5. The standard InChI is InChI=1S/C18H38N4O/c1-3-4-5-6-7-8-11-20-18(19)21-16-17-9-12-22(13-10-17)14-15-23-2/h17H,3-16H2,1-2H3,(H3,19,20,21). The van der Waals surface area contributed by atoms with Gasteiger partial charge in [0.25, 0.3) is 0 Å². The zero-order valence-corrected chi connectivity index (χ0v) is 15.4. The van der Waals surface area contributed by atoms with Gasteiger partial charge in [-0.25, -0.2) is 0 Å². The molecular weight excluding hydrogens is 288 g/mol. The molecule has 0 aromatic heterocycles. The van der Waals surface area contributed by atoms with E-state index in [9.17, 15) is 0 Å². The fraction of sp³-hybridized carbons (Fsp3) is 0.944. The van der Waals surface area contributed by atoms with Crippen LogP contribution in [0.2, 0.25) is 0 Å². The Bertz CT molecular complexity index is 301. The highest BCUT2D eigenvalue weighted by Gasteiger charge is 2.18. The molecule has 0 amide bonds. The van der Waals surface area contributed by atoms with E-state index in [4.69, 9.17) is 10.5 Å². The van der Waals surface area contributed by atoms with Crippen LogP contribution in [0, 0.1) is 5.92 Å². The highest BCUT2D eigenvalue weighted by molar-refractivity contribution is 5.77. The van der Waals surface area contributed by atoms with Crippen molar-refractivity contribution >= 4 is 5.96 Å². The van der Waals surface area contributed by atoms with E-state index >= 15 is 0 Å². The molecule has 0 bridgehead atoms. The maximum Gasteiger partial charge on any atom is 0.188 e. The van der Waals surface area contributed by atoms with Gasteiger partial charge in [0.05, 0.1) is 6.61 Å². The molecule has 0 aromatic rings. The van der Waals surface area contributed by atoms with Crippen molar-refractivity contribution in [2.75, 3.05) is 46.4 Å². The minimum atomic E-state index is 0.625. The Morgan fingerprint density at radius 3 is 2.57 bits per heavy atom. The summed E-state index contributed by atoms with van der Waals surface area (Å²) in [5.41, 5.74) is 5.96. The molecular formula is C18H38N4O. The summed E-state index contributed by atoms with van der Waals surface area (Å²) >= 11 is 0. The number of rotatable bonds is 12. The Morgan fingerprint density at radius 1 is 1.17 bits per heavy atom. The molecule has 1 fully saturated rings. The molecule has 0 spiro atoms. The molecule has 0 aliphatic carbocycles. The van der Waals surface area contributed by atoms with Crippen LogP contribution in [0.1, 0.15) is 58.3 Å². The van der Waals surface area contributed by atoms with Gasteiger partial charge in [0.15, 0.2) is 5.96 Å². The Hall–Kier alpha value is -0.810. The predicted octanol–water partition coefficient (Wildman–Crippen LogP) is 2.61. The van der Waals surface area contributed by atoms with Crippen LogP contribution in [0.25, 0.3) is 0 Å². The summed E-state index contributed by atoms with van der Waals surface area (Å²) in [5.74, 6) is 1.31. The lowest BCUT2D eigenvalue weighted by Gasteiger charge is -2.30. The number of ether oxygens (including phenoxy) is 1. The van der Waals surface area contributed by atoms with Crippen molar-refractivity contribution in [1.82, 2.24) is 10.2 Å². The average molecular weight is 327 g/mol. The number of piperidine rings is 1. The molecule has 23 heavy (non-hydrogen) atoms. The number of guanidine groups is 1. The molecule has 1 rings (SSSR count). The molecule has 136 valence electrons. The number of nitrogens with zero attached hydrogens (tertiary/aromatic N) is 2. The van der Waals surface area contributed by atoms with Crippen LogP contribution in [0.15, 0.2) is 4.99 Å². The highest BCUT2D eigenvalue weighted by Crippen LogP contribution is 2.17. The fourth-order valence-corrected chi connectivity index (χ4v) is 3.02. The predicted molar refractivity (Wildman–Crippen MR) is 98.9 cm³/mol. The lowest BCUT2D eigenvalue weighted by atomic mass is 9.97. The highest BCUT2D eigenvalue weighted by atomic mass is 16.5. The van der Waals surface area contributed by atoms with Crippen LogP contribution in [0.5, 0.6) is 0 Å². The van der Waals surface area contributed by atoms with Gasteiger partial charge in [0.2, 0.25) is 0 Å². The summed E-state index contributed by atoms with van der Waals surface area (Å²) in [6, 6.07) is 0. The number of aliphatic imine (C=N–C) groups is 1. The van der Waals surface area contributed by atoms with Gasteiger partial charge in [0, 0.05) is 26.7 Å². The van der Waals surface area contributed by atoms with E-state index in [0.717, 1.165) is 39.3 Å². The van der Waals surface area contributed by atoms with Gasteiger partial charge in [-0.15, -0.1) is 0 Å². The Labute approximate surface area is 143 Å². The molecule has 1 heterocycles. The molecule has 3 N–H and O–H groups in total.